The highest BCUT2D eigenvalue weighted by atomic mass is 15.1. The molecule has 0 spiro atoms. The van der Waals surface area contributed by atoms with E-state index in [0.717, 1.165) is 5.52 Å². The van der Waals surface area contributed by atoms with E-state index in [2.05, 4.69) is 48.5 Å². The van der Waals surface area contributed by atoms with Crippen molar-refractivity contribution in [1.82, 2.24) is 9.55 Å². The third-order valence-electron chi connectivity index (χ3n) is 2.29. The van der Waals surface area contributed by atoms with Gasteiger partial charge in [-0.05, 0) is 38.5 Å². The maximum absolute atomic E-state index is 4.34. The summed E-state index contributed by atoms with van der Waals surface area (Å²) in [6, 6.07) is 6.83. The van der Waals surface area contributed by atoms with E-state index in [4.69, 9.17) is 0 Å². The lowest BCUT2D eigenvalue weighted by Crippen LogP contribution is -1.97. The molecule has 0 unspecified atom stereocenters. The molecule has 2 aromatic rings. The van der Waals surface area contributed by atoms with Gasteiger partial charge in [0, 0.05) is 6.04 Å². The zero-order chi connectivity index (χ0) is 11.4. The average Bonchev–Trinajstić information content (AvgIpc) is 2.63. The van der Waals surface area contributed by atoms with E-state index in [0.29, 0.717) is 6.04 Å². The van der Waals surface area contributed by atoms with Crippen LogP contribution < -0.4 is 0 Å². The summed E-state index contributed by atoms with van der Waals surface area (Å²) in [5, 5.41) is 0. The van der Waals surface area contributed by atoms with E-state index in [-0.39, 0.29) is 0 Å². The van der Waals surface area contributed by atoms with Gasteiger partial charge in [0.05, 0.1) is 17.4 Å². The molecule has 0 bridgehead atoms. The molecule has 0 aliphatic carbocycles. The van der Waals surface area contributed by atoms with Crippen molar-refractivity contribution < 1.29 is 0 Å². The van der Waals surface area contributed by atoms with Crippen molar-refractivity contribution in [1.29, 1.82) is 0 Å². The van der Waals surface area contributed by atoms with Crippen molar-refractivity contribution in [3.8, 4) is 0 Å². The van der Waals surface area contributed by atoms with Crippen molar-refractivity contribution in [3.05, 3.63) is 30.1 Å². The summed E-state index contributed by atoms with van der Waals surface area (Å²) in [5.41, 5.74) is 3.60. The van der Waals surface area contributed by atoms with Gasteiger partial charge in [0.15, 0.2) is 0 Å². The normalized spacial score (nSPS) is 10.3. The summed E-state index contributed by atoms with van der Waals surface area (Å²) in [6.07, 6.45) is 1.91. The summed E-state index contributed by atoms with van der Waals surface area (Å²) < 4.78 is 2.20. The quantitative estimate of drug-likeness (QED) is 0.687. The van der Waals surface area contributed by atoms with Crippen molar-refractivity contribution in [2.24, 2.45) is 0 Å². The number of aryl methyl sites for hydroxylation is 1. The van der Waals surface area contributed by atoms with Crippen molar-refractivity contribution >= 4 is 11.0 Å². The first-order valence-corrected chi connectivity index (χ1v) is 5.61. The lowest BCUT2D eigenvalue weighted by Gasteiger charge is -2.07. The zero-order valence-electron chi connectivity index (χ0n) is 10.3. The minimum Gasteiger partial charge on any atom is -0.328 e. The first kappa shape index (κ1) is 11.8. The molecule has 2 heteroatoms. The smallest absolute Gasteiger partial charge is 0.0960 e. The zero-order valence-corrected chi connectivity index (χ0v) is 10.3. The Morgan fingerprint density at radius 3 is 2.47 bits per heavy atom. The van der Waals surface area contributed by atoms with Gasteiger partial charge in [0.1, 0.15) is 0 Å². The summed E-state index contributed by atoms with van der Waals surface area (Å²) >= 11 is 0. The predicted molar refractivity (Wildman–Crippen MR) is 66.2 cm³/mol. The van der Waals surface area contributed by atoms with Crippen LogP contribution in [0.5, 0.6) is 0 Å². The molecule has 15 heavy (non-hydrogen) atoms. The van der Waals surface area contributed by atoms with Crippen molar-refractivity contribution in [2.45, 2.75) is 40.7 Å². The number of hydrogen-bond acceptors (Lipinski definition) is 1. The van der Waals surface area contributed by atoms with Gasteiger partial charge < -0.3 is 4.57 Å². The molecule has 0 saturated heterocycles. The first-order chi connectivity index (χ1) is 7.18. The minimum absolute atomic E-state index is 0.479. The molecule has 2 nitrogen and oxygen atoms in total. The highest BCUT2D eigenvalue weighted by Gasteiger charge is 2.04. The lowest BCUT2D eigenvalue weighted by molar-refractivity contribution is 0.617. The Kier molecular flexibility index (Phi) is 3.89. The first-order valence-electron chi connectivity index (χ1n) is 5.61. The Hall–Kier alpha value is -1.31. The number of benzene rings is 1. The molecule has 0 amide bonds. The van der Waals surface area contributed by atoms with Gasteiger partial charge in [-0.2, -0.15) is 0 Å². The molecular weight excluding hydrogens is 184 g/mol. The molecular formula is C13H20N2. The van der Waals surface area contributed by atoms with E-state index in [1.54, 1.807) is 0 Å². The van der Waals surface area contributed by atoms with Crippen LogP contribution in [0, 0.1) is 6.92 Å². The van der Waals surface area contributed by atoms with Crippen LogP contribution in [0.15, 0.2) is 24.5 Å². The number of imidazole rings is 1. The summed E-state index contributed by atoms with van der Waals surface area (Å²) in [5.74, 6) is 0. The average molecular weight is 204 g/mol. The maximum Gasteiger partial charge on any atom is 0.0960 e. The summed E-state index contributed by atoms with van der Waals surface area (Å²) in [6.45, 7) is 10.4. The van der Waals surface area contributed by atoms with Crippen molar-refractivity contribution in [2.75, 3.05) is 0 Å². The van der Waals surface area contributed by atoms with Crippen LogP contribution >= 0.6 is 0 Å². The Labute approximate surface area is 91.9 Å². The van der Waals surface area contributed by atoms with Crippen LogP contribution in [0.4, 0.5) is 0 Å². The second kappa shape index (κ2) is 4.96. The number of hydrogen-bond donors (Lipinski definition) is 0. The molecule has 82 valence electrons. The van der Waals surface area contributed by atoms with E-state index < -0.39 is 0 Å². The van der Waals surface area contributed by atoms with Gasteiger partial charge in [-0.25, -0.2) is 4.98 Å². The van der Waals surface area contributed by atoms with Crippen LogP contribution in [0.3, 0.4) is 0 Å². The minimum atomic E-state index is 0.479. The van der Waals surface area contributed by atoms with Gasteiger partial charge >= 0.3 is 0 Å². The molecule has 1 aromatic heterocycles. The largest absolute Gasteiger partial charge is 0.328 e. The SMILES string of the molecule is CC.Cc1ccc2ncn(C(C)C)c2c1. The number of aromatic nitrogens is 2. The van der Waals surface area contributed by atoms with Gasteiger partial charge in [0.25, 0.3) is 0 Å². The Morgan fingerprint density at radius 1 is 1.20 bits per heavy atom. The van der Waals surface area contributed by atoms with Gasteiger partial charge in [0.2, 0.25) is 0 Å². The number of nitrogens with zero attached hydrogens (tertiary/aromatic N) is 2. The van der Waals surface area contributed by atoms with E-state index in [1.807, 2.05) is 20.2 Å². The second-order valence-corrected chi connectivity index (χ2v) is 3.74. The highest BCUT2D eigenvalue weighted by molar-refractivity contribution is 5.76. The predicted octanol–water partition coefficient (Wildman–Crippen LogP) is 3.95. The Balaban J connectivity index is 0.000000531. The van der Waals surface area contributed by atoms with Crippen LogP contribution in [-0.4, -0.2) is 9.55 Å². The summed E-state index contributed by atoms with van der Waals surface area (Å²) in [4.78, 5) is 4.34. The summed E-state index contributed by atoms with van der Waals surface area (Å²) in [7, 11) is 0. The van der Waals surface area contributed by atoms with Crippen LogP contribution in [0.1, 0.15) is 39.3 Å². The highest BCUT2D eigenvalue weighted by Crippen LogP contribution is 2.18. The van der Waals surface area contributed by atoms with Crippen LogP contribution in [0.25, 0.3) is 11.0 Å². The van der Waals surface area contributed by atoms with Crippen LogP contribution in [0.2, 0.25) is 0 Å². The molecule has 1 aromatic carbocycles. The molecule has 0 radical (unpaired) electrons. The second-order valence-electron chi connectivity index (χ2n) is 3.74. The fourth-order valence-electron chi connectivity index (χ4n) is 1.55. The molecule has 0 atom stereocenters. The van der Waals surface area contributed by atoms with Crippen molar-refractivity contribution in [3.63, 3.8) is 0 Å². The van der Waals surface area contributed by atoms with Gasteiger partial charge in [-0.15, -0.1) is 0 Å². The van der Waals surface area contributed by atoms with Gasteiger partial charge in [-0.1, -0.05) is 19.9 Å². The molecule has 0 fully saturated rings. The topological polar surface area (TPSA) is 17.8 Å². The molecule has 0 saturated carbocycles. The lowest BCUT2D eigenvalue weighted by atomic mass is 10.2. The number of fused-ring (bicyclic) bond motifs is 1. The fraction of sp³-hybridized carbons (Fsp3) is 0.462. The third kappa shape index (κ3) is 2.38. The molecule has 0 aliphatic heterocycles. The monoisotopic (exact) mass is 204 g/mol. The Bertz CT molecular complexity index is 427. The molecule has 0 aliphatic rings. The Morgan fingerprint density at radius 2 is 1.87 bits per heavy atom. The van der Waals surface area contributed by atoms with Crippen LogP contribution in [-0.2, 0) is 0 Å². The molecule has 0 N–H and O–H groups in total. The van der Waals surface area contributed by atoms with E-state index in [1.165, 1.54) is 11.1 Å². The maximum atomic E-state index is 4.34. The van der Waals surface area contributed by atoms with E-state index >= 15 is 0 Å². The van der Waals surface area contributed by atoms with E-state index in [9.17, 15) is 0 Å². The third-order valence-corrected chi connectivity index (χ3v) is 2.29. The standard InChI is InChI=1S/C11H14N2.C2H6/c1-8(2)13-7-12-10-5-4-9(3)6-11(10)13;1-2/h4-8H,1-3H3;1-2H3. The van der Waals surface area contributed by atoms with Gasteiger partial charge in [-0.3, -0.25) is 0 Å². The number of rotatable bonds is 1. The fourth-order valence-corrected chi connectivity index (χ4v) is 1.55. The molecule has 1 heterocycles. The molecule has 2 rings (SSSR count).